The van der Waals surface area contributed by atoms with Crippen molar-refractivity contribution in [3.8, 4) is 0 Å². The fourth-order valence-corrected chi connectivity index (χ4v) is 3.73. The molecule has 0 fully saturated rings. The van der Waals surface area contributed by atoms with E-state index >= 15 is 0 Å². The quantitative estimate of drug-likeness (QED) is 0.332. The molecular weight excluding hydrogens is 420 g/mol. The first-order valence-electron chi connectivity index (χ1n) is 13.0. The summed E-state index contributed by atoms with van der Waals surface area (Å²) in [5, 5.41) is 0. The minimum atomic E-state index is 0. The third-order valence-electron chi connectivity index (χ3n) is 6.14. The lowest BCUT2D eigenvalue weighted by atomic mass is 9.96. The summed E-state index contributed by atoms with van der Waals surface area (Å²) < 4.78 is 0. The molecule has 0 aliphatic heterocycles. The Kier molecular flexibility index (Phi) is 18.8. The van der Waals surface area contributed by atoms with Crippen molar-refractivity contribution >= 4 is 0 Å². The molecule has 196 valence electrons. The lowest BCUT2D eigenvalue weighted by Gasteiger charge is -2.09. The number of benzene rings is 3. The van der Waals surface area contributed by atoms with Gasteiger partial charge in [-0.15, -0.1) is 0 Å². The van der Waals surface area contributed by atoms with Crippen LogP contribution >= 0.6 is 0 Å². The number of aryl methyl sites for hydroxylation is 3. The highest BCUT2D eigenvalue weighted by Gasteiger charge is 2.02. The van der Waals surface area contributed by atoms with Crippen molar-refractivity contribution in [2.75, 3.05) is 0 Å². The fourth-order valence-electron chi connectivity index (χ4n) is 3.73. The molecule has 0 nitrogen and oxygen atoms in total. The van der Waals surface area contributed by atoms with Gasteiger partial charge in [0.2, 0.25) is 0 Å². The van der Waals surface area contributed by atoms with E-state index < -0.39 is 0 Å². The van der Waals surface area contributed by atoms with Crippen molar-refractivity contribution in [1.82, 2.24) is 0 Å². The summed E-state index contributed by atoms with van der Waals surface area (Å²) in [5.74, 6) is 1.97. The van der Waals surface area contributed by atoms with Crippen LogP contribution in [0.15, 0.2) is 72.8 Å². The SMILES string of the molecule is C.C.CCc1ccc(C(C)C)cc1.CCc1cccc(C(C)C)c1.CCc1ccccc1C(C)C. The highest BCUT2D eigenvalue weighted by molar-refractivity contribution is 5.29. The maximum atomic E-state index is 2.30. The molecule has 0 saturated heterocycles. The van der Waals surface area contributed by atoms with Gasteiger partial charge in [-0.3, -0.25) is 0 Å². The van der Waals surface area contributed by atoms with Crippen molar-refractivity contribution in [2.45, 2.75) is 114 Å². The molecule has 0 spiro atoms. The Morgan fingerprint density at radius 3 is 1.46 bits per heavy atom. The van der Waals surface area contributed by atoms with Crippen molar-refractivity contribution in [2.24, 2.45) is 0 Å². The summed E-state index contributed by atoms with van der Waals surface area (Å²) in [6, 6.07) is 26.4. The number of rotatable bonds is 6. The Morgan fingerprint density at radius 2 is 1.03 bits per heavy atom. The van der Waals surface area contributed by atoms with Gasteiger partial charge < -0.3 is 0 Å². The summed E-state index contributed by atoms with van der Waals surface area (Å²) in [4.78, 5) is 0. The van der Waals surface area contributed by atoms with E-state index in [0.717, 1.165) is 19.3 Å². The van der Waals surface area contributed by atoms with Crippen LogP contribution in [0.5, 0.6) is 0 Å². The molecule has 0 aliphatic carbocycles. The van der Waals surface area contributed by atoms with Crippen molar-refractivity contribution in [1.29, 1.82) is 0 Å². The van der Waals surface area contributed by atoms with Crippen LogP contribution in [0.25, 0.3) is 0 Å². The predicted molar refractivity (Wildman–Crippen MR) is 163 cm³/mol. The van der Waals surface area contributed by atoms with Gasteiger partial charge in [0.05, 0.1) is 0 Å². The minimum absolute atomic E-state index is 0. The molecule has 35 heavy (non-hydrogen) atoms. The van der Waals surface area contributed by atoms with Gasteiger partial charge in [0.25, 0.3) is 0 Å². The zero-order valence-corrected chi connectivity index (χ0v) is 22.8. The van der Waals surface area contributed by atoms with E-state index in [1.807, 2.05) is 0 Å². The molecule has 0 atom stereocenters. The average molecular weight is 477 g/mol. The second-order valence-electron chi connectivity index (χ2n) is 9.71. The normalized spacial score (nSPS) is 9.94. The lowest BCUT2D eigenvalue weighted by molar-refractivity contribution is 0.844. The van der Waals surface area contributed by atoms with E-state index in [1.165, 1.54) is 33.4 Å². The average Bonchev–Trinajstić information content (AvgIpc) is 2.84. The Hall–Kier alpha value is -2.34. The lowest BCUT2D eigenvalue weighted by Crippen LogP contribution is -1.93. The van der Waals surface area contributed by atoms with Gasteiger partial charge in [-0.05, 0) is 70.4 Å². The molecule has 0 bridgehead atoms. The van der Waals surface area contributed by atoms with Crippen LogP contribution in [0.3, 0.4) is 0 Å². The molecule has 0 unspecified atom stereocenters. The summed E-state index contributed by atoms with van der Waals surface area (Å²) in [5.41, 5.74) is 8.73. The summed E-state index contributed by atoms with van der Waals surface area (Å²) in [6.45, 7) is 20.0. The molecule has 0 heteroatoms. The van der Waals surface area contributed by atoms with E-state index in [-0.39, 0.29) is 14.9 Å². The second-order valence-corrected chi connectivity index (χ2v) is 9.71. The van der Waals surface area contributed by atoms with Crippen LogP contribution in [-0.4, -0.2) is 0 Å². The largest absolute Gasteiger partial charge is 0.0776 e. The maximum absolute atomic E-state index is 2.30. The van der Waals surface area contributed by atoms with E-state index in [4.69, 9.17) is 0 Å². The molecule has 3 aromatic carbocycles. The molecule has 0 saturated carbocycles. The molecule has 0 N–H and O–H groups in total. The molecule has 0 aliphatic rings. The van der Waals surface area contributed by atoms with Crippen LogP contribution < -0.4 is 0 Å². The molecule has 3 rings (SSSR count). The van der Waals surface area contributed by atoms with E-state index in [2.05, 4.69) is 135 Å². The maximum Gasteiger partial charge on any atom is -0.0216 e. The third kappa shape index (κ3) is 12.8. The van der Waals surface area contributed by atoms with Gasteiger partial charge in [0.15, 0.2) is 0 Å². The Morgan fingerprint density at radius 1 is 0.486 bits per heavy atom. The van der Waals surface area contributed by atoms with E-state index in [9.17, 15) is 0 Å². The van der Waals surface area contributed by atoms with Crippen molar-refractivity contribution in [3.63, 3.8) is 0 Å². The Labute approximate surface area is 220 Å². The molecule has 0 aromatic heterocycles. The van der Waals surface area contributed by atoms with Gasteiger partial charge in [-0.25, -0.2) is 0 Å². The summed E-state index contributed by atoms with van der Waals surface area (Å²) >= 11 is 0. The first-order chi connectivity index (χ1) is 15.7. The van der Waals surface area contributed by atoms with Gasteiger partial charge in [-0.1, -0.05) is 150 Å². The summed E-state index contributed by atoms with van der Waals surface area (Å²) in [6.07, 6.45) is 3.42. The minimum Gasteiger partial charge on any atom is -0.0776 e. The zero-order valence-electron chi connectivity index (χ0n) is 22.8. The van der Waals surface area contributed by atoms with Crippen LogP contribution in [0.4, 0.5) is 0 Å². The van der Waals surface area contributed by atoms with Crippen LogP contribution in [0.2, 0.25) is 0 Å². The Bertz CT molecular complexity index is 897. The van der Waals surface area contributed by atoms with Crippen molar-refractivity contribution < 1.29 is 0 Å². The van der Waals surface area contributed by atoms with E-state index in [1.54, 1.807) is 0 Å². The molecule has 0 amide bonds. The van der Waals surface area contributed by atoms with Gasteiger partial charge in [-0.2, -0.15) is 0 Å². The van der Waals surface area contributed by atoms with Gasteiger partial charge >= 0.3 is 0 Å². The predicted octanol–water partition coefficient (Wildman–Crippen LogP) is 11.4. The van der Waals surface area contributed by atoms with Gasteiger partial charge in [0, 0.05) is 0 Å². The first-order valence-corrected chi connectivity index (χ1v) is 13.0. The number of hydrogen-bond donors (Lipinski definition) is 0. The first kappa shape index (κ1) is 34.8. The highest BCUT2D eigenvalue weighted by atomic mass is 14.1. The van der Waals surface area contributed by atoms with E-state index in [0.29, 0.717) is 17.8 Å². The Balaban J connectivity index is 0. The molecule has 0 radical (unpaired) electrons. The van der Waals surface area contributed by atoms with Crippen LogP contribution in [-0.2, 0) is 19.3 Å². The highest BCUT2D eigenvalue weighted by Crippen LogP contribution is 2.19. The third-order valence-corrected chi connectivity index (χ3v) is 6.14. The molecule has 0 heterocycles. The molecule has 3 aromatic rings. The molecular formula is C35H56. The van der Waals surface area contributed by atoms with Gasteiger partial charge in [0.1, 0.15) is 0 Å². The summed E-state index contributed by atoms with van der Waals surface area (Å²) in [7, 11) is 0. The number of hydrogen-bond acceptors (Lipinski definition) is 0. The monoisotopic (exact) mass is 476 g/mol. The standard InChI is InChI=1S/3C11H16.2CH4/c1-4-10-5-7-11(8-6-10)9(2)3;1-4-10-6-5-7-11(8-10)9(2)3;1-4-10-7-5-6-8-11(10)9(2)3;;/h3*5-9H,4H2,1-3H3;2*1H4. The second kappa shape index (κ2) is 18.9. The fraction of sp³-hybridized carbons (Fsp3) is 0.486. The van der Waals surface area contributed by atoms with Crippen LogP contribution in [0.1, 0.15) is 128 Å². The topological polar surface area (TPSA) is 0 Å². The van der Waals surface area contributed by atoms with Crippen LogP contribution in [0, 0.1) is 0 Å². The smallest absolute Gasteiger partial charge is 0.0216 e. The van der Waals surface area contributed by atoms with Crippen molar-refractivity contribution in [3.05, 3.63) is 106 Å². The zero-order chi connectivity index (χ0) is 24.8.